The fourth-order valence-corrected chi connectivity index (χ4v) is 3.44. The number of aliphatic imine (C=N–C) groups is 1. The molecule has 152 valence electrons. The van der Waals surface area contributed by atoms with Crippen LogP contribution in [0.3, 0.4) is 0 Å². The average Bonchev–Trinajstić information content (AvgIpc) is 2.85. The first-order chi connectivity index (χ1) is 13.3. The van der Waals surface area contributed by atoms with Gasteiger partial charge in [-0.05, 0) is 25.0 Å². The normalized spacial score (nSPS) is 16.4. The number of aryl methyl sites for hydroxylation is 1. The van der Waals surface area contributed by atoms with Crippen LogP contribution < -0.4 is 20.5 Å². The quantitative estimate of drug-likeness (QED) is 0.382. The molecule has 0 radical (unpaired) electrons. The topological polar surface area (TPSA) is 99.6 Å². The first-order valence-corrected chi connectivity index (χ1v) is 9.67. The lowest BCUT2D eigenvalue weighted by Crippen LogP contribution is -2.23. The summed E-state index contributed by atoms with van der Waals surface area (Å²) in [6.07, 6.45) is 6.28. The fraction of sp³-hybridized carbons (Fsp3) is 0.526. The zero-order chi connectivity index (χ0) is 18.5. The van der Waals surface area contributed by atoms with Gasteiger partial charge in [0, 0.05) is 44.1 Å². The number of nitrogens with zero attached hydrogens (tertiary/aromatic N) is 4. The van der Waals surface area contributed by atoms with Crippen molar-refractivity contribution in [2.75, 3.05) is 25.1 Å². The van der Waals surface area contributed by atoms with E-state index in [9.17, 15) is 0 Å². The number of rotatable bonds is 4. The van der Waals surface area contributed by atoms with Gasteiger partial charge in [0.1, 0.15) is 11.6 Å². The van der Waals surface area contributed by atoms with Crippen LogP contribution in [-0.2, 0) is 19.4 Å². The number of halogens is 1. The number of guanidine groups is 1. The van der Waals surface area contributed by atoms with Crippen LogP contribution in [0.25, 0.3) is 0 Å². The molecule has 0 spiro atoms. The maximum absolute atomic E-state index is 6.04. The molecule has 0 atom stereocenters. The van der Waals surface area contributed by atoms with Gasteiger partial charge in [-0.25, -0.2) is 0 Å². The van der Waals surface area contributed by atoms with E-state index < -0.39 is 0 Å². The molecular weight excluding hydrogens is 471 g/mol. The lowest BCUT2D eigenvalue weighted by molar-refractivity contribution is 0.297. The highest BCUT2D eigenvalue weighted by atomic mass is 127. The van der Waals surface area contributed by atoms with E-state index in [0.717, 1.165) is 54.6 Å². The SMILES string of the molecule is I.NC(=NCCc1nnc2n1CCCCC2)Nc1ccc2c(c1)OCCCO2. The van der Waals surface area contributed by atoms with E-state index in [1.165, 1.54) is 19.3 Å². The lowest BCUT2D eigenvalue weighted by Gasteiger charge is -2.11. The lowest BCUT2D eigenvalue weighted by atomic mass is 10.2. The van der Waals surface area contributed by atoms with Crippen molar-refractivity contribution in [1.82, 2.24) is 14.8 Å². The van der Waals surface area contributed by atoms with Crippen molar-refractivity contribution < 1.29 is 9.47 Å². The van der Waals surface area contributed by atoms with Crippen molar-refractivity contribution >= 4 is 35.6 Å². The molecule has 2 aromatic rings. The predicted molar refractivity (Wildman–Crippen MR) is 119 cm³/mol. The zero-order valence-electron chi connectivity index (χ0n) is 15.9. The molecule has 4 rings (SSSR count). The minimum absolute atomic E-state index is 0. The molecule has 0 saturated heterocycles. The fourth-order valence-electron chi connectivity index (χ4n) is 3.44. The number of hydrogen-bond acceptors (Lipinski definition) is 5. The predicted octanol–water partition coefficient (Wildman–Crippen LogP) is 2.75. The summed E-state index contributed by atoms with van der Waals surface area (Å²) in [5, 5.41) is 11.8. The van der Waals surface area contributed by atoms with Gasteiger partial charge in [-0.2, -0.15) is 0 Å². The van der Waals surface area contributed by atoms with Crippen LogP contribution in [0.15, 0.2) is 23.2 Å². The summed E-state index contributed by atoms with van der Waals surface area (Å²) in [5.41, 5.74) is 6.87. The Bertz CT molecular complexity index is 823. The molecule has 2 aliphatic rings. The number of nitrogens with one attached hydrogen (secondary N) is 1. The molecule has 1 aromatic carbocycles. The maximum Gasteiger partial charge on any atom is 0.193 e. The summed E-state index contributed by atoms with van der Waals surface area (Å²) in [5.74, 6) is 3.97. The van der Waals surface area contributed by atoms with E-state index in [1.807, 2.05) is 18.2 Å². The van der Waals surface area contributed by atoms with E-state index in [2.05, 4.69) is 25.1 Å². The highest BCUT2D eigenvalue weighted by Crippen LogP contribution is 2.32. The summed E-state index contributed by atoms with van der Waals surface area (Å²) in [4.78, 5) is 4.43. The minimum Gasteiger partial charge on any atom is -0.490 e. The second-order valence-corrected chi connectivity index (χ2v) is 6.85. The first kappa shape index (κ1) is 20.7. The second kappa shape index (κ2) is 9.94. The van der Waals surface area contributed by atoms with Crippen LogP contribution in [-0.4, -0.2) is 40.5 Å². The number of hydrogen-bond donors (Lipinski definition) is 2. The Morgan fingerprint density at radius 3 is 2.86 bits per heavy atom. The van der Waals surface area contributed by atoms with Crippen molar-refractivity contribution in [3.63, 3.8) is 0 Å². The van der Waals surface area contributed by atoms with Gasteiger partial charge in [-0.1, -0.05) is 6.42 Å². The Balaban J connectivity index is 0.00000225. The Morgan fingerprint density at radius 2 is 1.96 bits per heavy atom. The number of nitrogens with two attached hydrogens (primary N) is 1. The molecule has 0 bridgehead atoms. The Kier molecular flexibility index (Phi) is 7.35. The van der Waals surface area contributed by atoms with Crippen LogP contribution in [0.2, 0.25) is 0 Å². The third kappa shape index (κ3) is 5.06. The van der Waals surface area contributed by atoms with Gasteiger partial charge >= 0.3 is 0 Å². The van der Waals surface area contributed by atoms with E-state index in [4.69, 9.17) is 15.2 Å². The number of anilines is 1. The van der Waals surface area contributed by atoms with Crippen molar-refractivity contribution in [1.29, 1.82) is 0 Å². The summed E-state index contributed by atoms with van der Waals surface area (Å²) in [7, 11) is 0. The molecule has 9 heteroatoms. The zero-order valence-corrected chi connectivity index (χ0v) is 18.2. The maximum atomic E-state index is 6.04. The monoisotopic (exact) mass is 498 g/mol. The standard InChI is InChI=1S/C19H26N6O2.HI/c20-19(22-14-6-7-15-16(13-14)27-12-4-11-26-15)21-9-8-18-24-23-17-5-2-1-3-10-25(17)18;/h6-7,13H,1-5,8-12H2,(H3,20,21,22);1H. The molecular formula is C19H27IN6O2. The third-order valence-corrected chi connectivity index (χ3v) is 4.82. The second-order valence-electron chi connectivity index (χ2n) is 6.85. The Morgan fingerprint density at radius 1 is 1.11 bits per heavy atom. The van der Waals surface area contributed by atoms with Gasteiger partial charge in [0.05, 0.1) is 13.2 Å². The minimum atomic E-state index is 0. The van der Waals surface area contributed by atoms with Crippen molar-refractivity contribution in [3.05, 3.63) is 29.8 Å². The van der Waals surface area contributed by atoms with Crippen LogP contribution in [0.4, 0.5) is 5.69 Å². The van der Waals surface area contributed by atoms with Crippen LogP contribution in [0, 0.1) is 0 Å². The van der Waals surface area contributed by atoms with Crippen LogP contribution >= 0.6 is 24.0 Å². The molecule has 0 amide bonds. The molecule has 0 aliphatic carbocycles. The van der Waals surface area contributed by atoms with Gasteiger partial charge in [-0.15, -0.1) is 34.2 Å². The molecule has 0 unspecified atom stereocenters. The van der Waals surface area contributed by atoms with Gasteiger partial charge in [0.15, 0.2) is 17.5 Å². The molecule has 3 N–H and O–H groups in total. The highest BCUT2D eigenvalue weighted by molar-refractivity contribution is 14.0. The largest absolute Gasteiger partial charge is 0.490 e. The molecule has 2 aliphatic heterocycles. The molecule has 28 heavy (non-hydrogen) atoms. The van der Waals surface area contributed by atoms with Crippen molar-refractivity contribution in [2.24, 2.45) is 10.7 Å². The number of benzene rings is 1. The Labute approximate surface area is 181 Å². The molecule has 8 nitrogen and oxygen atoms in total. The van der Waals surface area contributed by atoms with Gasteiger partial charge in [0.25, 0.3) is 0 Å². The van der Waals surface area contributed by atoms with Gasteiger partial charge < -0.3 is 25.1 Å². The number of ether oxygens (including phenoxy) is 2. The van der Waals surface area contributed by atoms with Gasteiger partial charge in [-0.3, -0.25) is 4.99 Å². The summed E-state index contributed by atoms with van der Waals surface area (Å²) in [6.45, 7) is 2.91. The van der Waals surface area contributed by atoms with Crippen LogP contribution in [0.1, 0.15) is 37.3 Å². The van der Waals surface area contributed by atoms with Crippen molar-refractivity contribution in [3.8, 4) is 11.5 Å². The van der Waals surface area contributed by atoms with E-state index in [0.29, 0.717) is 25.7 Å². The van der Waals surface area contributed by atoms with Gasteiger partial charge in [0.2, 0.25) is 0 Å². The summed E-state index contributed by atoms with van der Waals surface area (Å²) >= 11 is 0. The molecule has 1 aromatic heterocycles. The van der Waals surface area contributed by atoms with Crippen molar-refractivity contribution in [2.45, 2.75) is 45.1 Å². The molecule has 0 saturated carbocycles. The number of aromatic nitrogens is 3. The molecule has 3 heterocycles. The van der Waals surface area contributed by atoms with E-state index >= 15 is 0 Å². The first-order valence-electron chi connectivity index (χ1n) is 9.67. The van der Waals surface area contributed by atoms with E-state index in [-0.39, 0.29) is 24.0 Å². The molecule has 0 fully saturated rings. The van der Waals surface area contributed by atoms with E-state index in [1.54, 1.807) is 0 Å². The Hall–Kier alpha value is -2.04. The smallest absolute Gasteiger partial charge is 0.193 e. The number of fused-ring (bicyclic) bond motifs is 2. The summed E-state index contributed by atoms with van der Waals surface area (Å²) < 4.78 is 13.6. The third-order valence-electron chi connectivity index (χ3n) is 4.82. The average molecular weight is 498 g/mol. The highest BCUT2D eigenvalue weighted by Gasteiger charge is 2.14. The van der Waals surface area contributed by atoms with Crippen LogP contribution in [0.5, 0.6) is 11.5 Å². The summed E-state index contributed by atoms with van der Waals surface area (Å²) in [6, 6.07) is 5.69.